The van der Waals surface area contributed by atoms with Crippen molar-refractivity contribution in [3.05, 3.63) is 74.9 Å². The van der Waals surface area contributed by atoms with E-state index in [4.69, 9.17) is 0 Å². The quantitative estimate of drug-likeness (QED) is 0.792. The molecule has 0 radical (unpaired) electrons. The summed E-state index contributed by atoms with van der Waals surface area (Å²) in [5, 5.41) is 9.85. The smallest absolute Gasteiger partial charge is 0.336 e. The molecule has 1 aromatic heterocycles. The van der Waals surface area contributed by atoms with Gasteiger partial charge in [-0.05, 0) is 43.2 Å². The van der Waals surface area contributed by atoms with Crippen LogP contribution >= 0.6 is 0 Å². The van der Waals surface area contributed by atoms with E-state index in [1.165, 1.54) is 4.57 Å². The number of para-hydroxylation sites is 1. The number of rotatable bonds is 4. The molecule has 0 aliphatic rings. The Morgan fingerprint density at radius 1 is 1.12 bits per heavy atom. The van der Waals surface area contributed by atoms with Gasteiger partial charge in [-0.15, -0.1) is 0 Å². The van der Waals surface area contributed by atoms with E-state index in [0.29, 0.717) is 16.6 Å². The first kappa shape index (κ1) is 16.7. The highest BCUT2D eigenvalue weighted by Gasteiger charge is 2.24. The summed E-state index contributed by atoms with van der Waals surface area (Å²) in [5.41, 5.74) is 0.547. The average Bonchev–Trinajstić information content (AvgIpc) is 2.58. The number of carbonyl (C=O) groups is 1. The second kappa shape index (κ2) is 6.39. The van der Waals surface area contributed by atoms with Gasteiger partial charge in [0.25, 0.3) is 5.56 Å². The van der Waals surface area contributed by atoms with Crippen LogP contribution in [0, 0.1) is 6.92 Å². The predicted octanol–water partition coefficient (Wildman–Crippen LogP) is 2.50. The van der Waals surface area contributed by atoms with Crippen molar-refractivity contribution in [1.29, 1.82) is 0 Å². The molecule has 2 aromatic carbocycles. The summed E-state index contributed by atoms with van der Waals surface area (Å²) in [6.45, 7) is 3.56. The molecule has 0 aliphatic carbocycles. The van der Waals surface area contributed by atoms with Crippen molar-refractivity contribution in [3.63, 3.8) is 0 Å². The summed E-state index contributed by atoms with van der Waals surface area (Å²) in [5.74, 6) is -1.11. The Kier molecular flexibility index (Phi) is 4.27. The van der Waals surface area contributed by atoms with E-state index < -0.39 is 23.3 Å². The molecular weight excluding hydrogens is 320 g/mol. The van der Waals surface area contributed by atoms with Crippen LogP contribution in [0.3, 0.4) is 0 Å². The molecule has 1 unspecified atom stereocenters. The van der Waals surface area contributed by atoms with Crippen LogP contribution in [0.15, 0.2) is 58.1 Å². The zero-order valence-corrected chi connectivity index (χ0v) is 14.0. The number of fused-ring (bicyclic) bond motifs is 1. The van der Waals surface area contributed by atoms with Crippen molar-refractivity contribution in [2.45, 2.75) is 26.3 Å². The maximum atomic E-state index is 13.1. The van der Waals surface area contributed by atoms with Gasteiger partial charge in [0.2, 0.25) is 0 Å². The predicted molar refractivity (Wildman–Crippen MR) is 95.5 cm³/mol. The molecule has 1 atom stereocenters. The fraction of sp³-hybridized carbons (Fsp3) is 0.211. The van der Waals surface area contributed by atoms with Gasteiger partial charge in [0.05, 0.1) is 16.6 Å². The van der Waals surface area contributed by atoms with Gasteiger partial charge in [-0.2, -0.15) is 0 Å². The molecule has 0 spiro atoms. The Hall–Kier alpha value is -3.15. The van der Waals surface area contributed by atoms with Crippen molar-refractivity contribution in [2.75, 3.05) is 0 Å². The van der Waals surface area contributed by atoms with Crippen LogP contribution in [0.25, 0.3) is 16.6 Å². The van der Waals surface area contributed by atoms with E-state index in [-0.39, 0.29) is 6.42 Å². The van der Waals surface area contributed by atoms with Gasteiger partial charge >= 0.3 is 11.7 Å². The molecule has 0 saturated heterocycles. The summed E-state index contributed by atoms with van der Waals surface area (Å²) in [4.78, 5) is 37.6. The lowest BCUT2D eigenvalue weighted by Crippen LogP contribution is -2.42. The first-order valence-corrected chi connectivity index (χ1v) is 8.01. The first-order valence-electron chi connectivity index (χ1n) is 8.01. The third-order valence-corrected chi connectivity index (χ3v) is 4.24. The van der Waals surface area contributed by atoms with Gasteiger partial charge in [-0.25, -0.2) is 14.2 Å². The van der Waals surface area contributed by atoms with Crippen LogP contribution in [0.2, 0.25) is 0 Å². The molecule has 0 aliphatic heterocycles. The first-order chi connectivity index (χ1) is 12.0. The molecule has 6 nitrogen and oxygen atoms in total. The maximum absolute atomic E-state index is 13.1. The van der Waals surface area contributed by atoms with Gasteiger partial charge in [-0.3, -0.25) is 9.36 Å². The van der Waals surface area contributed by atoms with Gasteiger partial charge in [0.1, 0.15) is 6.04 Å². The highest BCUT2D eigenvalue weighted by molar-refractivity contribution is 5.81. The normalized spacial score (nSPS) is 12.2. The number of nitrogens with zero attached hydrogens (tertiary/aromatic N) is 2. The van der Waals surface area contributed by atoms with Crippen LogP contribution in [0.5, 0.6) is 0 Å². The highest BCUT2D eigenvalue weighted by atomic mass is 16.4. The maximum Gasteiger partial charge on any atom is 0.336 e. The molecule has 3 rings (SSSR count). The largest absolute Gasteiger partial charge is 0.480 e. The van der Waals surface area contributed by atoms with Crippen molar-refractivity contribution in [3.8, 4) is 5.69 Å². The van der Waals surface area contributed by atoms with E-state index in [1.807, 2.05) is 13.0 Å². The molecule has 0 bridgehead atoms. The average molecular weight is 338 g/mol. The lowest BCUT2D eigenvalue weighted by molar-refractivity contribution is -0.141. The molecule has 0 amide bonds. The van der Waals surface area contributed by atoms with Gasteiger partial charge in [-0.1, -0.05) is 31.2 Å². The Balaban J connectivity index is 2.50. The van der Waals surface area contributed by atoms with Crippen LogP contribution in [0.4, 0.5) is 0 Å². The Bertz CT molecular complexity index is 1080. The fourth-order valence-electron chi connectivity index (χ4n) is 3.05. The third kappa shape index (κ3) is 2.76. The molecule has 1 N–H and O–H groups in total. The number of carboxylic acid groups (broad SMARTS) is 1. The minimum absolute atomic E-state index is 0.227. The number of hydrogen-bond acceptors (Lipinski definition) is 3. The van der Waals surface area contributed by atoms with Gasteiger partial charge in [0.15, 0.2) is 0 Å². The number of benzene rings is 2. The van der Waals surface area contributed by atoms with Crippen molar-refractivity contribution in [2.24, 2.45) is 0 Å². The zero-order chi connectivity index (χ0) is 18.1. The van der Waals surface area contributed by atoms with Crippen molar-refractivity contribution in [1.82, 2.24) is 9.13 Å². The summed E-state index contributed by atoms with van der Waals surface area (Å²) >= 11 is 0. The second-order valence-corrected chi connectivity index (χ2v) is 5.91. The zero-order valence-electron chi connectivity index (χ0n) is 14.0. The molecule has 0 saturated carbocycles. The standard InChI is InChI=1S/C19H18N2O4/c1-3-15(18(23)24)21-16-10-5-4-9-14(16)17(22)20(19(21)25)13-8-6-7-12(2)11-13/h4-11,15H,3H2,1-2H3,(H,23,24). The molecule has 3 aromatic rings. The fourth-order valence-corrected chi connectivity index (χ4v) is 3.05. The summed E-state index contributed by atoms with van der Waals surface area (Å²) in [6.07, 6.45) is 0.227. The lowest BCUT2D eigenvalue weighted by Gasteiger charge is -2.19. The summed E-state index contributed by atoms with van der Waals surface area (Å²) in [6, 6.07) is 12.5. The number of carboxylic acids is 1. The second-order valence-electron chi connectivity index (χ2n) is 5.91. The van der Waals surface area contributed by atoms with Crippen LogP contribution in [-0.4, -0.2) is 20.2 Å². The summed E-state index contributed by atoms with van der Waals surface area (Å²) < 4.78 is 2.24. The molecular formula is C19H18N2O4. The van der Waals surface area contributed by atoms with Crippen LogP contribution < -0.4 is 11.2 Å². The van der Waals surface area contributed by atoms with Crippen molar-refractivity contribution < 1.29 is 9.90 Å². The van der Waals surface area contributed by atoms with Crippen LogP contribution in [0.1, 0.15) is 24.9 Å². The molecule has 25 heavy (non-hydrogen) atoms. The Morgan fingerprint density at radius 3 is 2.48 bits per heavy atom. The third-order valence-electron chi connectivity index (χ3n) is 4.24. The number of aliphatic carboxylic acids is 1. The summed E-state index contributed by atoms with van der Waals surface area (Å²) in [7, 11) is 0. The number of hydrogen-bond donors (Lipinski definition) is 1. The monoisotopic (exact) mass is 338 g/mol. The Labute approximate surface area is 143 Å². The van der Waals surface area contributed by atoms with E-state index in [9.17, 15) is 19.5 Å². The minimum atomic E-state index is -1.11. The van der Waals surface area contributed by atoms with E-state index in [0.717, 1.165) is 10.1 Å². The van der Waals surface area contributed by atoms with E-state index in [2.05, 4.69) is 0 Å². The minimum Gasteiger partial charge on any atom is -0.480 e. The van der Waals surface area contributed by atoms with Crippen molar-refractivity contribution >= 4 is 16.9 Å². The van der Waals surface area contributed by atoms with Crippen LogP contribution in [-0.2, 0) is 4.79 Å². The lowest BCUT2D eigenvalue weighted by atomic mass is 10.1. The molecule has 1 heterocycles. The Morgan fingerprint density at radius 2 is 1.84 bits per heavy atom. The van der Waals surface area contributed by atoms with Gasteiger partial charge in [0, 0.05) is 0 Å². The van der Waals surface area contributed by atoms with Gasteiger partial charge < -0.3 is 5.11 Å². The number of aromatic nitrogens is 2. The molecule has 0 fully saturated rings. The number of aryl methyl sites for hydroxylation is 1. The SMILES string of the molecule is CCC(C(=O)O)n1c(=O)n(-c2cccc(C)c2)c(=O)c2ccccc21. The molecule has 6 heteroatoms. The van der Waals surface area contributed by atoms with E-state index >= 15 is 0 Å². The topological polar surface area (TPSA) is 81.3 Å². The highest BCUT2D eigenvalue weighted by Crippen LogP contribution is 2.17. The van der Waals surface area contributed by atoms with E-state index in [1.54, 1.807) is 49.4 Å². The molecule has 128 valence electrons.